The maximum atomic E-state index is 12.1. The Morgan fingerprint density at radius 2 is 2.04 bits per heavy atom. The third-order valence-corrected chi connectivity index (χ3v) is 5.75. The fourth-order valence-corrected chi connectivity index (χ4v) is 4.14. The third-order valence-electron chi connectivity index (χ3n) is 3.80. The lowest BCUT2D eigenvalue weighted by molar-refractivity contribution is -0.113. The van der Waals surface area contributed by atoms with Gasteiger partial charge in [-0.3, -0.25) is 9.69 Å². The van der Waals surface area contributed by atoms with E-state index in [2.05, 4.69) is 32.5 Å². The van der Waals surface area contributed by atoms with Crippen LogP contribution in [-0.4, -0.2) is 59.2 Å². The summed E-state index contributed by atoms with van der Waals surface area (Å²) in [4.78, 5) is 14.5. The summed E-state index contributed by atoms with van der Waals surface area (Å²) in [5, 5.41) is 11.4. The molecule has 2 aromatic rings. The van der Waals surface area contributed by atoms with Crippen LogP contribution >= 0.6 is 23.1 Å². The summed E-state index contributed by atoms with van der Waals surface area (Å²) in [7, 11) is 0. The molecule has 0 spiro atoms. The zero-order chi connectivity index (χ0) is 19.1. The smallest absolute Gasteiger partial charge is 0.295 e. The van der Waals surface area contributed by atoms with Gasteiger partial charge in [-0.2, -0.15) is 0 Å². The highest BCUT2D eigenvalue weighted by Gasteiger charge is 2.12. The molecule has 0 bridgehead atoms. The lowest BCUT2D eigenvalue weighted by Gasteiger charge is -2.26. The SMILES string of the molecule is CC(C)Oc1nnc(SCC(=O)Nc2ccc(CN3CCOCC3)cc2)s1. The van der Waals surface area contributed by atoms with Crippen LogP contribution < -0.4 is 10.1 Å². The molecule has 0 atom stereocenters. The van der Waals surface area contributed by atoms with Crippen LogP contribution in [0.25, 0.3) is 0 Å². The molecular formula is C18H24N4O3S2. The number of nitrogens with zero attached hydrogens (tertiary/aromatic N) is 3. The van der Waals surface area contributed by atoms with Gasteiger partial charge in [0.2, 0.25) is 5.91 Å². The summed E-state index contributed by atoms with van der Waals surface area (Å²) >= 11 is 2.71. The molecule has 7 nitrogen and oxygen atoms in total. The Bertz CT molecular complexity index is 730. The Morgan fingerprint density at radius 1 is 1.30 bits per heavy atom. The van der Waals surface area contributed by atoms with E-state index in [1.54, 1.807) is 0 Å². The summed E-state index contributed by atoms with van der Waals surface area (Å²) in [6.07, 6.45) is 0.0605. The van der Waals surface area contributed by atoms with Crippen LogP contribution in [0.4, 0.5) is 5.69 Å². The number of carbonyl (C=O) groups is 1. The normalized spacial score (nSPS) is 15.1. The molecule has 146 valence electrons. The minimum absolute atomic E-state index is 0.0605. The van der Waals surface area contributed by atoms with Gasteiger partial charge in [0.25, 0.3) is 5.19 Å². The van der Waals surface area contributed by atoms with Crippen molar-refractivity contribution in [2.75, 3.05) is 37.4 Å². The molecule has 1 N–H and O–H groups in total. The number of thioether (sulfide) groups is 1. The largest absolute Gasteiger partial charge is 0.466 e. The van der Waals surface area contributed by atoms with E-state index in [-0.39, 0.29) is 17.8 Å². The minimum Gasteiger partial charge on any atom is -0.466 e. The van der Waals surface area contributed by atoms with Crippen molar-refractivity contribution in [1.82, 2.24) is 15.1 Å². The predicted octanol–water partition coefficient (Wildman–Crippen LogP) is 2.89. The molecular weight excluding hydrogens is 384 g/mol. The summed E-state index contributed by atoms with van der Waals surface area (Å²) in [5.74, 6) is 0.216. The number of ether oxygens (including phenoxy) is 2. The van der Waals surface area contributed by atoms with Crippen LogP contribution in [0.2, 0.25) is 0 Å². The Labute approximate surface area is 167 Å². The Hall–Kier alpha value is -1.68. The number of rotatable bonds is 8. The topological polar surface area (TPSA) is 76.6 Å². The van der Waals surface area contributed by atoms with Gasteiger partial charge in [0.15, 0.2) is 4.34 Å². The number of aromatic nitrogens is 2. The van der Waals surface area contributed by atoms with Crippen molar-refractivity contribution in [3.63, 3.8) is 0 Å². The lowest BCUT2D eigenvalue weighted by atomic mass is 10.2. The van der Waals surface area contributed by atoms with Crippen LogP contribution in [0.1, 0.15) is 19.4 Å². The van der Waals surface area contributed by atoms with Gasteiger partial charge in [-0.15, -0.1) is 5.10 Å². The van der Waals surface area contributed by atoms with Gasteiger partial charge in [-0.05, 0) is 42.9 Å². The van der Waals surface area contributed by atoms with Gasteiger partial charge in [0, 0.05) is 25.3 Å². The first-order chi connectivity index (χ1) is 13.1. The number of amides is 1. The van der Waals surface area contributed by atoms with E-state index in [4.69, 9.17) is 9.47 Å². The minimum atomic E-state index is -0.0672. The van der Waals surface area contributed by atoms with E-state index in [9.17, 15) is 4.79 Å². The van der Waals surface area contributed by atoms with E-state index in [0.29, 0.717) is 5.19 Å². The molecule has 3 rings (SSSR count). The number of hydrogen-bond donors (Lipinski definition) is 1. The van der Waals surface area contributed by atoms with Gasteiger partial charge in [0.05, 0.1) is 25.1 Å². The van der Waals surface area contributed by atoms with Crippen molar-refractivity contribution in [2.24, 2.45) is 0 Å². The van der Waals surface area contributed by atoms with E-state index in [0.717, 1.165) is 42.9 Å². The Kier molecular flexibility index (Phi) is 7.45. The van der Waals surface area contributed by atoms with Gasteiger partial charge in [-0.1, -0.05) is 29.0 Å². The van der Waals surface area contributed by atoms with Crippen LogP contribution in [0.3, 0.4) is 0 Å². The second-order valence-electron chi connectivity index (χ2n) is 6.42. The van der Waals surface area contributed by atoms with Crippen LogP contribution in [0.15, 0.2) is 28.6 Å². The first-order valence-electron chi connectivity index (χ1n) is 8.90. The summed E-state index contributed by atoms with van der Waals surface area (Å²) < 4.78 is 11.6. The highest BCUT2D eigenvalue weighted by atomic mass is 32.2. The van der Waals surface area contributed by atoms with Crippen LogP contribution in [0, 0.1) is 0 Å². The zero-order valence-corrected chi connectivity index (χ0v) is 17.1. The van der Waals surface area contributed by atoms with E-state index >= 15 is 0 Å². The molecule has 2 heterocycles. The molecule has 0 aliphatic carbocycles. The molecule has 1 fully saturated rings. The fraction of sp³-hybridized carbons (Fsp3) is 0.500. The second-order valence-corrected chi connectivity index (χ2v) is 8.59. The third kappa shape index (κ3) is 6.76. The molecule has 0 saturated carbocycles. The van der Waals surface area contributed by atoms with Gasteiger partial charge in [0.1, 0.15) is 0 Å². The van der Waals surface area contributed by atoms with Crippen molar-refractivity contribution in [1.29, 1.82) is 0 Å². The van der Waals surface area contributed by atoms with Crippen molar-refractivity contribution >= 4 is 34.7 Å². The first-order valence-corrected chi connectivity index (χ1v) is 10.7. The molecule has 1 aromatic carbocycles. The number of hydrogen-bond acceptors (Lipinski definition) is 8. The maximum absolute atomic E-state index is 12.1. The molecule has 1 aliphatic heterocycles. The van der Waals surface area contributed by atoms with Gasteiger partial charge < -0.3 is 14.8 Å². The van der Waals surface area contributed by atoms with Crippen molar-refractivity contribution < 1.29 is 14.3 Å². The number of anilines is 1. The predicted molar refractivity (Wildman–Crippen MR) is 108 cm³/mol. The second kappa shape index (κ2) is 10.0. The molecule has 9 heteroatoms. The zero-order valence-electron chi connectivity index (χ0n) is 15.5. The average Bonchev–Trinajstić information content (AvgIpc) is 3.09. The van der Waals surface area contributed by atoms with Crippen molar-refractivity contribution in [2.45, 2.75) is 30.8 Å². The monoisotopic (exact) mass is 408 g/mol. The van der Waals surface area contributed by atoms with E-state index in [1.165, 1.54) is 28.7 Å². The van der Waals surface area contributed by atoms with E-state index in [1.807, 2.05) is 26.0 Å². The van der Waals surface area contributed by atoms with Gasteiger partial charge >= 0.3 is 0 Å². The molecule has 1 aromatic heterocycles. The molecule has 0 radical (unpaired) electrons. The molecule has 1 aliphatic rings. The van der Waals surface area contributed by atoms with Crippen molar-refractivity contribution in [3.05, 3.63) is 29.8 Å². The molecule has 1 amide bonds. The van der Waals surface area contributed by atoms with E-state index < -0.39 is 0 Å². The first kappa shape index (κ1) is 20.1. The lowest BCUT2D eigenvalue weighted by Crippen LogP contribution is -2.35. The average molecular weight is 409 g/mol. The fourth-order valence-electron chi connectivity index (χ4n) is 2.54. The van der Waals surface area contributed by atoms with Crippen LogP contribution in [0.5, 0.6) is 5.19 Å². The highest BCUT2D eigenvalue weighted by Crippen LogP contribution is 2.27. The maximum Gasteiger partial charge on any atom is 0.295 e. The Balaban J connectivity index is 1.42. The Morgan fingerprint density at radius 3 is 2.74 bits per heavy atom. The quantitative estimate of drug-likeness (QED) is 0.673. The number of morpholine rings is 1. The molecule has 27 heavy (non-hydrogen) atoms. The van der Waals surface area contributed by atoms with Crippen LogP contribution in [-0.2, 0) is 16.1 Å². The summed E-state index contributed by atoms with van der Waals surface area (Å²) in [5.41, 5.74) is 2.03. The number of benzene rings is 1. The van der Waals surface area contributed by atoms with Crippen molar-refractivity contribution in [3.8, 4) is 5.19 Å². The molecule has 1 saturated heterocycles. The van der Waals surface area contributed by atoms with Gasteiger partial charge in [-0.25, -0.2) is 0 Å². The summed E-state index contributed by atoms with van der Waals surface area (Å²) in [6, 6.07) is 7.99. The molecule has 0 unspecified atom stereocenters. The number of nitrogens with one attached hydrogen (secondary N) is 1. The highest BCUT2D eigenvalue weighted by molar-refractivity contribution is 8.01. The summed E-state index contributed by atoms with van der Waals surface area (Å²) in [6.45, 7) is 8.31. The number of carbonyl (C=O) groups excluding carboxylic acids is 1. The standard InChI is InChI=1S/C18H24N4O3S2/c1-13(2)25-17-20-21-18(27-17)26-12-16(23)19-15-5-3-14(4-6-15)11-22-7-9-24-10-8-22/h3-6,13H,7-12H2,1-2H3,(H,19,23).